The van der Waals surface area contributed by atoms with E-state index in [1.807, 2.05) is 24.3 Å². The highest BCUT2D eigenvalue weighted by Gasteiger charge is 2.32. The molecule has 0 spiro atoms. The van der Waals surface area contributed by atoms with Gasteiger partial charge in [-0.1, -0.05) is 56.1 Å². The number of carbonyl (C=O) groups excluding carboxylic acids is 1. The van der Waals surface area contributed by atoms with Crippen molar-refractivity contribution in [2.45, 2.75) is 26.2 Å². The van der Waals surface area contributed by atoms with Gasteiger partial charge >= 0.3 is 17.9 Å². The molecule has 4 rings (SSSR count). The van der Waals surface area contributed by atoms with Crippen LogP contribution >= 0.6 is 23.2 Å². The van der Waals surface area contributed by atoms with Crippen molar-refractivity contribution >= 4 is 58.3 Å². The zero-order chi connectivity index (χ0) is 31.0. The standard InChI is InChI=1S/C30H28Cl2N4O6S/c1-30(2,3)19-5-11-22(12-6-19)36(43-38)27-26(42-25-17-23(39-4)13-14-24(25)32)28(34-18-33-27)40-15-16-41-29(37)35-21-9-7-20(31)8-10-21/h5-14,17-18H,15-16H2,1-4H3/p+1. The van der Waals surface area contributed by atoms with Crippen molar-refractivity contribution in [3.63, 3.8) is 0 Å². The fraction of sp³-hybridized carbons (Fsp3) is 0.233. The van der Waals surface area contributed by atoms with Crippen LogP contribution in [0.1, 0.15) is 26.3 Å². The van der Waals surface area contributed by atoms with E-state index < -0.39 is 6.09 Å². The molecular weight excluding hydrogens is 615 g/mol. The number of benzene rings is 3. The first kappa shape index (κ1) is 31.7. The van der Waals surface area contributed by atoms with Gasteiger partial charge in [0.25, 0.3) is 5.88 Å². The SMILES string of the molecule is COc1ccc(Cl)c(Oc2c(OCCOC(=O)Nc3ccc(Cl)cc3)ncnc2N([S+]=O)c2ccc(C(C)(C)C)cc2)c1. The maximum absolute atomic E-state index is 12.5. The summed E-state index contributed by atoms with van der Waals surface area (Å²) in [4.78, 5) is 20.8. The van der Waals surface area contributed by atoms with Crippen LogP contribution in [0.15, 0.2) is 73.1 Å². The third-order valence-corrected chi connectivity index (χ3v) is 7.08. The molecule has 0 radical (unpaired) electrons. The molecule has 0 atom stereocenters. The molecule has 1 heterocycles. The molecule has 0 aliphatic rings. The smallest absolute Gasteiger partial charge is 0.497 e. The molecule has 0 saturated heterocycles. The minimum atomic E-state index is -0.679. The first-order valence-corrected chi connectivity index (χ1v) is 14.4. The van der Waals surface area contributed by atoms with Crippen LogP contribution in [0.2, 0.25) is 10.0 Å². The monoisotopic (exact) mass is 643 g/mol. The van der Waals surface area contributed by atoms with E-state index in [0.29, 0.717) is 22.1 Å². The largest absolute Gasteiger partial charge is 0.633 e. The van der Waals surface area contributed by atoms with E-state index in [0.717, 1.165) is 5.56 Å². The first-order chi connectivity index (χ1) is 20.6. The number of nitrogens with one attached hydrogen (secondary N) is 1. The number of methoxy groups -OCH3 is 1. The van der Waals surface area contributed by atoms with E-state index >= 15 is 0 Å². The van der Waals surface area contributed by atoms with Crippen molar-refractivity contribution in [1.82, 2.24) is 9.97 Å². The summed E-state index contributed by atoms with van der Waals surface area (Å²) in [5.41, 5.74) is 2.10. The van der Waals surface area contributed by atoms with Crippen LogP contribution in [0.5, 0.6) is 23.1 Å². The topological polar surface area (TPSA) is 112 Å². The van der Waals surface area contributed by atoms with E-state index in [-0.39, 0.29) is 58.7 Å². The molecule has 1 amide bonds. The molecule has 13 heteroatoms. The molecule has 0 aliphatic heterocycles. The number of hydrogen-bond acceptors (Lipinski definition) is 8. The second kappa shape index (κ2) is 14.3. The van der Waals surface area contributed by atoms with E-state index in [2.05, 4.69) is 36.1 Å². The number of aromatic nitrogens is 2. The van der Waals surface area contributed by atoms with Crippen molar-refractivity contribution < 1.29 is 28.0 Å². The van der Waals surface area contributed by atoms with Gasteiger partial charge in [-0.2, -0.15) is 4.98 Å². The summed E-state index contributed by atoms with van der Waals surface area (Å²) in [5.74, 6) is 0.851. The lowest BCUT2D eigenvalue weighted by Crippen LogP contribution is -2.18. The van der Waals surface area contributed by atoms with E-state index in [9.17, 15) is 9.00 Å². The second-order valence-corrected chi connectivity index (χ2v) is 11.4. The lowest BCUT2D eigenvalue weighted by atomic mass is 9.87. The Balaban J connectivity index is 1.59. The Morgan fingerprint density at radius 1 is 0.977 bits per heavy atom. The molecule has 10 nitrogen and oxygen atoms in total. The van der Waals surface area contributed by atoms with Crippen LogP contribution in [0, 0.1) is 0 Å². The lowest BCUT2D eigenvalue weighted by Gasteiger charge is -2.19. The number of amides is 1. The number of halogens is 2. The first-order valence-electron chi connectivity index (χ1n) is 13.0. The molecule has 4 aromatic rings. The average molecular weight is 645 g/mol. The van der Waals surface area contributed by atoms with Gasteiger partial charge in [-0.3, -0.25) is 5.32 Å². The van der Waals surface area contributed by atoms with Gasteiger partial charge in [0.1, 0.15) is 36.7 Å². The number of anilines is 3. The molecule has 0 unspecified atom stereocenters. The van der Waals surface area contributed by atoms with E-state index in [4.69, 9.17) is 42.1 Å². The van der Waals surface area contributed by atoms with Gasteiger partial charge < -0.3 is 18.9 Å². The second-order valence-electron chi connectivity index (χ2n) is 10.0. The predicted octanol–water partition coefficient (Wildman–Crippen LogP) is 7.99. The molecule has 224 valence electrons. The van der Waals surface area contributed by atoms with Crippen molar-refractivity contribution in [1.29, 1.82) is 0 Å². The third kappa shape index (κ3) is 8.44. The van der Waals surface area contributed by atoms with Crippen molar-refractivity contribution in [3.05, 3.63) is 88.7 Å². The van der Waals surface area contributed by atoms with Crippen LogP contribution in [0.25, 0.3) is 0 Å². The summed E-state index contributed by atoms with van der Waals surface area (Å²) < 4.78 is 36.4. The Kier molecular flexibility index (Phi) is 10.6. The molecule has 0 saturated carbocycles. The van der Waals surface area contributed by atoms with Crippen molar-refractivity contribution in [2.24, 2.45) is 0 Å². The molecule has 1 N–H and O–H groups in total. The Hall–Kier alpha value is -4.19. The zero-order valence-corrected chi connectivity index (χ0v) is 26.1. The van der Waals surface area contributed by atoms with Gasteiger partial charge in [0.05, 0.1) is 16.3 Å². The van der Waals surface area contributed by atoms with Crippen molar-refractivity contribution in [2.75, 3.05) is 29.9 Å². The molecule has 1 aromatic heterocycles. The summed E-state index contributed by atoms with van der Waals surface area (Å²) in [6.07, 6.45) is 0.563. The minimum Gasteiger partial charge on any atom is -0.497 e. The molecule has 43 heavy (non-hydrogen) atoms. The molecule has 0 bridgehead atoms. The molecular formula is C30H29Cl2N4O6S+. The van der Waals surface area contributed by atoms with Crippen LogP contribution in [-0.4, -0.2) is 36.4 Å². The van der Waals surface area contributed by atoms with Crippen molar-refractivity contribution in [3.8, 4) is 23.1 Å². The van der Waals surface area contributed by atoms with Crippen LogP contribution in [0.4, 0.5) is 22.0 Å². The number of rotatable bonds is 11. The minimum absolute atomic E-state index is 0.00374. The third-order valence-electron chi connectivity index (χ3n) is 5.98. The molecule has 0 fully saturated rings. The van der Waals surface area contributed by atoms with Gasteiger partial charge in [-0.25, -0.2) is 9.78 Å². The quantitative estimate of drug-likeness (QED) is 0.0994. The Labute approximate surface area is 263 Å². The predicted molar refractivity (Wildman–Crippen MR) is 167 cm³/mol. The van der Waals surface area contributed by atoms with Crippen LogP contribution < -0.4 is 23.8 Å². The zero-order valence-electron chi connectivity index (χ0n) is 23.8. The van der Waals surface area contributed by atoms with Gasteiger partial charge in [0.2, 0.25) is 11.6 Å². The Morgan fingerprint density at radius 3 is 2.35 bits per heavy atom. The fourth-order valence-corrected chi connectivity index (χ4v) is 4.43. The summed E-state index contributed by atoms with van der Waals surface area (Å²) >= 11 is 12.5. The number of nitrogens with zero attached hydrogens (tertiary/aromatic N) is 3. The van der Waals surface area contributed by atoms with Gasteiger partial charge in [0, 0.05) is 16.8 Å². The highest BCUT2D eigenvalue weighted by Crippen LogP contribution is 2.43. The Morgan fingerprint density at radius 2 is 1.70 bits per heavy atom. The normalized spacial score (nSPS) is 10.9. The highest BCUT2D eigenvalue weighted by molar-refractivity contribution is 7.67. The molecule has 0 aliphatic carbocycles. The average Bonchev–Trinajstić information content (AvgIpc) is 2.99. The van der Waals surface area contributed by atoms with E-state index in [1.165, 1.54) is 17.7 Å². The maximum atomic E-state index is 12.5. The maximum Gasteiger partial charge on any atom is 0.633 e. The highest BCUT2D eigenvalue weighted by atomic mass is 35.5. The summed E-state index contributed by atoms with van der Waals surface area (Å²) in [6, 6.07) is 19.0. The van der Waals surface area contributed by atoms with E-state index in [1.54, 1.807) is 42.5 Å². The van der Waals surface area contributed by atoms with Crippen LogP contribution in [0.3, 0.4) is 0 Å². The van der Waals surface area contributed by atoms with Gasteiger partial charge in [-0.05, 0) is 63.8 Å². The number of hydrogen-bond donors (Lipinski definition) is 1. The summed E-state index contributed by atoms with van der Waals surface area (Å²) in [7, 11) is 1.51. The lowest BCUT2D eigenvalue weighted by molar-refractivity contribution is 0.135. The van der Waals surface area contributed by atoms with Gasteiger partial charge in [0.15, 0.2) is 0 Å². The number of carbonyl (C=O) groups is 1. The number of ether oxygens (including phenoxy) is 4. The summed E-state index contributed by atoms with van der Waals surface area (Å²) in [5, 5.41) is 3.42. The summed E-state index contributed by atoms with van der Waals surface area (Å²) in [6.45, 7) is 6.10. The van der Waals surface area contributed by atoms with Crippen LogP contribution in [-0.2, 0) is 26.2 Å². The molecule has 3 aromatic carbocycles. The van der Waals surface area contributed by atoms with Gasteiger partial charge in [-0.15, -0.1) is 0 Å². The Bertz CT molecular complexity index is 1570. The fourth-order valence-electron chi connectivity index (χ4n) is 3.74.